The number of aliphatic hydroxyl groups is 1. The Balaban J connectivity index is 1.40. The molecule has 0 amide bonds. The molecular formula is C28H48O. The lowest BCUT2D eigenvalue weighted by Gasteiger charge is -2.51. The Kier molecular flexibility index (Phi) is 6.84. The fourth-order valence-corrected chi connectivity index (χ4v) is 8.85. The molecule has 3 fully saturated rings. The van der Waals surface area contributed by atoms with Gasteiger partial charge in [0.25, 0.3) is 0 Å². The molecular weight excluding hydrogens is 352 g/mol. The Labute approximate surface area is 181 Å². The van der Waals surface area contributed by atoms with E-state index in [-0.39, 0.29) is 6.10 Å². The highest BCUT2D eigenvalue weighted by Crippen LogP contribution is 2.59. The fraction of sp³-hybridized carbons (Fsp3) is 0.929. The third-order valence-corrected chi connectivity index (χ3v) is 10.3. The Morgan fingerprint density at radius 2 is 1.69 bits per heavy atom. The predicted molar refractivity (Wildman–Crippen MR) is 124 cm³/mol. The van der Waals surface area contributed by atoms with Crippen LogP contribution >= 0.6 is 0 Å². The number of hydrogen-bond acceptors (Lipinski definition) is 1. The Bertz CT molecular complexity index is 577. The molecule has 166 valence electrons. The van der Waals surface area contributed by atoms with E-state index in [2.05, 4.69) is 40.7 Å². The second-order valence-corrected chi connectivity index (χ2v) is 12.1. The molecule has 3 saturated carbocycles. The molecule has 1 heteroatoms. The van der Waals surface area contributed by atoms with Crippen LogP contribution in [0.3, 0.4) is 0 Å². The Morgan fingerprint density at radius 3 is 2.41 bits per heavy atom. The summed E-state index contributed by atoms with van der Waals surface area (Å²) in [6.45, 7) is 12.2. The number of allylic oxidation sites excluding steroid dienone is 1. The van der Waals surface area contributed by atoms with Crippen LogP contribution in [0.5, 0.6) is 0 Å². The first-order chi connectivity index (χ1) is 13.9. The number of aliphatic hydroxyl groups excluding tert-OH is 1. The predicted octanol–water partition coefficient (Wildman–Crippen LogP) is 7.49. The van der Waals surface area contributed by atoms with Crippen LogP contribution in [0, 0.1) is 59.2 Å². The van der Waals surface area contributed by atoms with E-state index in [1.165, 1.54) is 51.4 Å². The topological polar surface area (TPSA) is 20.2 Å². The van der Waals surface area contributed by atoms with E-state index in [9.17, 15) is 5.11 Å². The zero-order valence-corrected chi connectivity index (χ0v) is 19.9. The quantitative estimate of drug-likeness (QED) is 0.458. The van der Waals surface area contributed by atoms with Crippen LogP contribution < -0.4 is 0 Å². The van der Waals surface area contributed by atoms with Gasteiger partial charge in [-0.05, 0) is 111 Å². The summed E-state index contributed by atoms with van der Waals surface area (Å²) in [5.74, 6) is 9.09. The van der Waals surface area contributed by atoms with Crippen molar-refractivity contribution in [1.29, 1.82) is 0 Å². The normalized spacial score (nSPS) is 43.9. The lowest BCUT2D eigenvalue weighted by molar-refractivity contribution is 0.00695. The van der Waals surface area contributed by atoms with E-state index >= 15 is 0 Å². The van der Waals surface area contributed by atoms with Crippen molar-refractivity contribution in [3.63, 3.8) is 0 Å². The maximum atomic E-state index is 10.3. The smallest absolute Gasteiger partial charge is 0.0580 e. The highest BCUT2D eigenvalue weighted by molar-refractivity contribution is 5.20. The molecule has 1 nitrogen and oxygen atoms in total. The van der Waals surface area contributed by atoms with E-state index in [0.717, 1.165) is 66.1 Å². The van der Waals surface area contributed by atoms with E-state index in [1.54, 1.807) is 5.57 Å². The van der Waals surface area contributed by atoms with Crippen LogP contribution in [-0.2, 0) is 0 Å². The summed E-state index contributed by atoms with van der Waals surface area (Å²) in [5, 5.41) is 10.3. The molecule has 0 unspecified atom stereocenters. The maximum Gasteiger partial charge on any atom is 0.0580 e. The largest absolute Gasteiger partial charge is 0.393 e. The molecule has 4 aliphatic rings. The van der Waals surface area contributed by atoms with Crippen LogP contribution in [0.15, 0.2) is 11.6 Å². The minimum absolute atomic E-state index is 0.0742. The first-order valence-electron chi connectivity index (χ1n) is 13.3. The molecule has 0 aliphatic heterocycles. The first kappa shape index (κ1) is 21.9. The number of rotatable bonds is 6. The van der Waals surface area contributed by atoms with Crippen LogP contribution in [-0.4, -0.2) is 11.2 Å². The van der Waals surface area contributed by atoms with Gasteiger partial charge in [-0.3, -0.25) is 0 Å². The van der Waals surface area contributed by atoms with Gasteiger partial charge >= 0.3 is 0 Å². The van der Waals surface area contributed by atoms with Crippen molar-refractivity contribution in [1.82, 2.24) is 0 Å². The highest BCUT2D eigenvalue weighted by atomic mass is 16.3. The monoisotopic (exact) mass is 400 g/mol. The molecule has 4 aliphatic carbocycles. The van der Waals surface area contributed by atoms with Crippen molar-refractivity contribution in [2.75, 3.05) is 0 Å². The minimum atomic E-state index is -0.0742. The molecule has 0 spiro atoms. The minimum Gasteiger partial charge on any atom is -0.393 e. The van der Waals surface area contributed by atoms with Crippen molar-refractivity contribution in [3.05, 3.63) is 11.6 Å². The van der Waals surface area contributed by atoms with Gasteiger partial charge < -0.3 is 5.11 Å². The molecule has 0 saturated heterocycles. The van der Waals surface area contributed by atoms with Gasteiger partial charge in [-0.15, -0.1) is 0 Å². The van der Waals surface area contributed by atoms with E-state index in [1.807, 2.05) is 0 Å². The lowest BCUT2D eigenvalue weighted by Crippen LogP contribution is -2.44. The average molecular weight is 401 g/mol. The third kappa shape index (κ3) is 4.24. The van der Waals surface area contributed by atoms with Gasteiger partial charge in [-0.1, -0.05) is 59.1 Å². The maximum absolute atomic E-state index is 10.3. The summed E-state index contributed by atoms with van der Waals surface area (Å²) in [7, 11) is 0. The second-order valence-electron chi connectivity index (χ2n) is 12.1. The van der Waals surface area contributed by atoms with Gasteiger partial charge in [0.15, 0.2) is 0 Å². The summed E-state index contributed by atoms with van der Waals surface area (Å²) < 4.78 is 0. The molecule has 0 bridgehead atoms. The van der Waals surface area contributed by atoms with Gasteiger partial charge in [0, 0.05) is 0 Å². The molecule has 0 aromatic heterocycles. The molecule has 1 N–H and O–H groups in total. The van der Waals surface area contributed by atoms with E-state index in [4.69, 9.17) is 0 Å². The zero-order chi connectivity index (χ0) is 20.7. The van der Waals surface area contributed by atoms with E-state index in [0.29, 0.717) is 5.92 Å². The molecule has 4 rings (SSSR count). The first-order valence-corrected chi connectivity index (χ1v) is 13.3. The van der Waals surface area contributed by atoms with Gasteiger partial charge in [-0.2, -0.15) is 0 Å². The van der Waals surface area contributed by atoms with Gasteiger partial charge in [-0.25, -0.2) is 0 Å². The van der Waals surface area contributed by atoms with Crippen molar-refractivity contribution in [2.24, 2.45) is 59.2 Å². The molecule has 10 atom stereocenters. The Morgan fingerprint density at radius 1 is 0.966 bits per heavy atom. The summed E-state index contributed by atoms with van der Waals surface area (Å²) in [6.07, 6.45) is 16.1. The fourth-order valence-electron chi connectivity index (χ4n) is 8.85. The van der Waals surface area contributed by atoms with Gasteiger partial charge in [0.1, 0.15) is 0 Å². The summed E-state index contributed by atoms with van der Waals surface area (Å²) >= 11 is 0. The molecule has 0 heterocycles. The van der Waals surface area contributed by atoms with Gasteiger partial charge in [0.05, 0.1) is 6.10 Å². The van der Waals surface area contributed by atoms with Crippen LogP contribution in [0.2, 0.25) is 0 Å². The third-order valence-electron chi connectivity index (χ3n) is 10.3. The second kappa shape index (κ2) is 9.05. The highest BCUT2D eigenvalue weighted by Gasteiger charge is 2.51. The summed E-state index contributed by atoms with van der Waals surface area (Å²) in [6, 6.07) is 0. The zero-order valence-electron chi connectivity index (χ0n) is 19.9. The van der Waals surface area contributed by atoms with Gasteiger partial charge in [0.2, 0.25) is 0 Å². The summed E-state index contributed by atoms with van der Waals surface area (Å²) in [5.41, 5.74) is 1.64. The average Bonchev–Trinajstić information content (AvgIpc) is 3.11. The Hall–Kier alpha value is -0.300. The van der Waals surface area contributed by atoms with Crippen LogP contribution in [0.25, 0.3) is 0 Å². The van der Waals surface area contributed by atoms with Crippen LogP contribution in [0.1, 0.15) is 98.8 Å². The number of fused-ring (bicyclic) bond motifs is 5. The molecule has 0 aromatic rings. The standard InChI is InChI=1S/C28H48O/c1-6-20(17(2)3)8-7-18(4)23-11-12-25-24(23)13-14-27-26(25)10-9-21-16-22(29)15-19(5)28(21)27/h9,17-20,22-29H,6-8,10-16H2,1-5H3/t18-,19-,20-,22+,23-,24-,25-,26+,27+,28-/m1/s1. The van der Waals surface area contributed by atoms with Crippen LogP contribution in [0.4, 0.5) is 0 Å². The van der Waals surface area contributed by atoms with Crippen molar-refractivity contribution in [3.8, 4) is 0 Å². The van der Waals surface area contributed by atoms with Crippen molar-refractivity contribution >= 4 is 0 Å². The van der Waals surface area contributed by atoms with E-state index < -0.39 is 0 Å². The summed E-state index contributed by atoms with van der Waals surface area (Å²) in [4.78, 5) is 0. The van der Waals surface area contributed by atoms with Crippen molar-refractivity contribution in [2.45, 2.75) is 105 Å². The SMILES string of the molecule is CC[C@H](CC[C@@H](C)[C@H]1CC[C@H]2[C@@H]3CC=C4C[C@@H](O)C[C@@H](C)[C@H]4[C@H]3CC[C@@H]21)C(C)C. The molecule has 29 heavy (non-hydrogen) atoms. The molecule has 0 radical (unpaired) electrons. The molecule has 0 aromatic carbocycles. The van der Waals surface area contributed by atoms with Crippen molar-refractivity contribution < 1.29 is 5.11 Å². The lowest BCUT2D eigenvalue weighted by atomic mass is 9.54. The number of hydrogen-bond donors (Lipinski definition) is 1.